The molecule has 0 aromatic heterocycles. The largest absolute Gasteiger partial charge is 0.494 e. The summed E-state index contributed by atoms with van der Waals surface area (Å²) in [6, 6.07) is 3.71. The summed E-state index contributed by atoms with van der Waals surface area (Å²) in [7, 11) is 4.01. The lowest BCUT2D eigenvalue weighted by atomic mass is 9.94. The first kappa shape index (κ1) is 17.0. The van der Waals surface area contributed by atoms with Crippen LogP contribution in [0.4, 0.5) is 0 Å². The molecule has 0 bridgehead atoms. The molecule has 0 spiro atoms. The van der Waals surface area contributed by atoms with Crippen LogP contribution in [0.25, 0.3) is 0 Å². The highest BCUT2D eigenvalue weighted by Crippen LogP contribution is 2.28. The van der Waals surface area contributed by atoms with Crippen molar-refractivity contribution in [1.82, 2.24) is 4.90 Å². The minimum atomic E-state index is -0.635. The molecule has 0 heterocycles. The summed E-state index contributed by atoms with van der Waals surface area (Å²) < 4.78 is 5.57. The Labute approximate surface area is 122 Å². The predicted molar refractivity (Wildman–Crippen MR) is 83.2 cm³/mol. The number of nitrogens with two attached hydrogens (primary N) is 1. The summed E-state index contributed by atoms with van der Waals surface area (Å²) in [4.78, 5) is 2.07. The molecule has 20 heavy (non-hydrogen) atoms. The van der Waals surface area contributed by atoms with Gasteiger partial charge in [0.2, 0.25) is 0 Å². The van der Waals surface area contributed by atoms with Crippen LogP contribution in [0.5, 0.6) is 5.75 Å². The van der Waals surface area contributed by atoms with Crippen LogP contribution in [0.2, 0.25) is 0 Å². The maximum atomic E-state index is 10.4. The Morgan fingerprint density at radius 2 is 1.90 bits per heavy atom. The first-order chi connectivity index (χ1) is 9.36. The Balaban J connectivity index is 2.87. The second kappa shape index (κ2) is 7.62. The molecule has 0 aliphatic heterocycles. The summed E-state index contributed by atoms with van der Waals surface area (Å²) in [6.45, 7) is 7.46. The highest BCUT2D eigenvalue weighted by atomic mass is 16.5. The molecular weight excluding hydrogens is 252 g/mol. The minimum Gasteiger partial charge on any atom is -0.494 e. The van der Waals surface area contributed by atoms with E-state index in [1.54, 1.807) is 0 Å². The van der Waals surface area contributed by atoms with Gasteiger partial charge in [-0.1, -0.05) is 0 Å². The van der Waals surface area contributed by atoms with E-state index in [1.165, 1.54) is 0 Å². The Bertz CT molecular complexity index is 433. The van der Waals surface area contributed by atoms with Crippen LogP contribution in [0.15, 0.2) is 12.1 Å². The number of aliphatic hydroxyl groups is 1. The van der Waals surface area contributed by atoms with Gasteiger partial charge in [0.15, 0.2) is 0 Å². The smallest absolute Gasteiger partial charge is 0.122 e. The van der Waals surface area contributed by atoms with Crippen molar-refractivity contribution in [3.05, 3.63) is 28.8 Å². The molecule has 0 amide bonds. The lowest BCUT2D eigenvalue weighted by molar-refractivity contribution is 0.137. The number of aliphatic hydroxyl groups excluding tert-OH is 1. The number of rotatable bonds is 7. The van der Waals surface area contributed by atoms with Crippen LogP contribution in [0, 0.1) is 13.8 Å². The lowest BCUT2D eigenvalue weighted by Crippen LogP contribution is -2.32. The molecule has 3 N–H and O–H groups in total. The Hall–Kier alpha value is -1.10. The molecule has 0 radical (unpaired) electrons. The second-order valence-electron chi connectivity index (χ2n) is 5.61. The first-order valence-electron chi connectivity index (χ1n) is 7.19. The minimum absolute atomic E-state index is 0.256. The first-order valence-corrected chi connectivity index (χ1v) is 7.19. The molecular formula is C16H28N2O2. The van der Waals surface area contributed by atoms with Gasteiger partial charge >= 0.3 is 0 Å². The normalized spacial score (nSPS) is 14.4. The van der Waals surface area contributed by atoms with Crippen molar-refractivity contribution in [2.75, 3.05) is 27.2 Å². The Morgan fingerprint density at radius 1 is 1.25 bits per heavy atom. The quantitative estimate of drug-likeness (QED) is 0.802. The van der Waals surface area contributed by atoms with Gasteiger partial charge in [0.1, 0.15) is 5.75 Å². The van der Waals surface area contributed by atoms with Crippen LogP contribution in [0.1, 0.15) is 36.1 Å². The van der Waals surface area contributed by atoms with Crippen LogP contribution in [-0.2, 0) is 0 Å². The van der Waals surface area contributed by atoms with E-state index in [-0.39, 0.29) is 6.04 Å². The molecule has 0 saturated carbocycles. The molecule has 114 valence electrons. The van der Waals surface area contributed by atoms with E-state index in [1.807, 2.05) is 47.0 Å². The molecule has 1 rings (SSSR count). The van der Waals surface area contributed by atoms with E-state index < -0.39 is 6.10 Å². The Morgan fingerprint density at radius 3 is 2.45 bits per heavy atom. The SMILES string of the molecule is CCOc1cc(C)c(C(O)C(N)CCN(C)C)cc1C. The van der Waals surface area contributed by atoms with Crippen molar-refractivity contribution in [1.29, 1.82) is 0 Å². The molecule has 0 saturated heterocycles. The summed E-state index contributed by atoms with van der Waals surface area (Å²) >= 11 is 0. The number of nitrogens with zero attached hydrogens (tertiary/aromatic N) is 1. The van der Waals surface area contributed by atoms with E-state index >= 15 is 0 Å². The average Bonchev–Trinajstić information content (AvgIpc) is 2.39. The monoisotopic (exact) mass is 280 g/mol. The van der Waals surface area contributed by atoms with Crippen molar-refractivity contribution in [2.24, 2.45) is 5.73 Å². The van der Waals surface area contributed by atoms with E-state index in [2.05, 4.69) is 4.90 Å². The standard InChI is InChI=1S/C16H28N2O2/c1-6-20-15-10-11(2)13(9-12(15)3)16(19)14(17)7-8-18(4)5/h9-10,14,16,19H,6-8,17H2,1-5H3. The number of ether oxygens (including phenoxy) is 1. The van der Waals surface area contributed by atoms with Gasteiger partial charge in [0, 0.05) is 6.04 Å². The summed E-state index contributed by atoms with van der Waals surface area (Å²) in [5, 5.41) is 10.4. The summed E-state index contributed by atoms with van der Waals surface area (Å²) in [5.41, 5.74) is 9.06. The summed E-state index contributed by atoms with van der Waals surface area (Å²) in [5.74, 6) is 0.878. The molecule has 1 aromatic rings. The van der Waals surface area contributed by atoms with Crippen LogP contribution >= 0.6 is 0 Å². The average molecular weight is 280 g/mol. The zero-order valence-corrected chi connectivity index (χ0v) is 13.3. The highest BCUT2D eigenvalue weighted by molar-refractivity contribution is 5.42. The maximum Gasteiger partial charge on any atom is 0.122 e. The fourth-order valence-corrected chi connectivity index (χ4v) is 2.24. The van der Waals surface area contributed by atoms with Crippen LogP contribution in [0.3, 0.4) is 0 Å². The summed E-state index contributed by atoms with van der Waals surface area (Å²) in [6.07, 6.45) is 0.129. The van der Waals surface area contributed by atoms with Gasteiger partial charge in [-0.05, 0) is 76.7 Å². The van der Waals surface area contributed by atoms with Gasteiger partial charge in [0.25, 0.3) is 0 Å². The third-order valence-corrected chi connectivity index (χ3v) is 3.50. The van der Waals surface area contributed by atoms with Gasteiger partial charge in [-0.15, -0.1) is 0 Å². The van der Waals surface area contributed by atoms with Crippen molar-refractivity contribution >= 4 is 0 Å². The molecule has 4 heteroatoms. The van der Waals surface area contributed by atoms with Gasteiger partial charge in [-0.3, -0.25) is 0 Å². The molecule has 1 aromatic carbocycles. The van der Waals surface area contributed by atoms with Crippen molar-refractivity contribution in [3.8, 4) is 5.75 Å². The van der Waals surface area contributed by atoms with Gasteiger partial charge < -0.3 is 20.5 Å². The molecule has 0 fully saturated rings. The third-order valence-electron chi connectivity index (χ3n) is 3.50. The fourth-order valence-electron chi connectivity index (χ4n) is 2.24. The topological polar surface area (TPSA) is 58.7 Å². The van der Waals surface area contributed by atoms with Crippen LogP contribution < -0.4 is 10.5 Å². The van der Waals surface area contributed by atoms with Crippen molar-refractivity contribution in [3.63, 3.8) is 0 Å². The maximum absolute atomic E-state index is 10.4. The number of aryl methyl sites for hydroxylation is 2. The molecule has 2 atom stereocenters. The zero-order valence-electron chi connectivity index (χ0n) is 13.3. The van der Waals surface area contributed by atoms with Gasteiger partial charge in [0.05, 0.1) is 12.7 Å². The van der Waals surface area contributed by atoms with Crippen molar-refractivity contribution in [2.45, 2.75) is 39.3 Å². The van der Waals surface area contributed by atoms with Gasteiger partial charge in [-0.25, -0.2) is 0 Å². The number of hydrogen-bond acceptors (Lipinski definition) is 4. The molecule has 2 unspecified atom stereocenters. The second-order valence-corrected chi connectivity index (χ2v) is 5.61. The number of hydrogen-bond donors (Lipinski definition) is 2. The van der Waals surface area contributed by atoms with E-state index in [9.17, 15) is 5.11 Å². The molecule has 0 aliphatic carbocycles. The van der Waals surface area contributed by atoms with E-state index in [0.29, 0.717) is 6.61 Å². The highest BCUT2D eigenvalue weighted by Gasteiger charge is 2.20. The molecule has 4 nitrogen and oxygen atoms in total. The van der Waals surface area contributed by atoms with E-state index in [4.69, 9.17) is 10.5 Å². The zero-order chi connectivity index (χ0) is 15.3. The predicted octanol–water partition coefficient (Wildman–Crippen LogP) is 2.01. The number of benzene rings is 1. The van der Waals surface area contributed by atoms with Gasteiger partial charge in [-0.2, -0.15) is 0 Å². The lowest BCUT2D eigenvalue weighted by Gasteiger charge is -2.23. The van der Waals surface area contributed by atoms with E-state index in [0.717, 1.165) is 35.4 Å². The fraction of sp³-hybridized carbons (Fsp3) is 0.625. The Kier molecular flexibility index (Phi) is 6.46. The van der Waals surface area contributed by atoms with Crippen molar-refractivity contribution < 1.29 is 9.84 Å². The molecule has 0 aliphatic rings. The van der Waals surface area contributed by atoms with Crippen LogP contribution in [-0.4, -0.2) is 43.3 Å². The third kappa shape index (κ3) is 4.47.